The highest BCUT2D eigenvalue weighted by atomic mass is 35.5. The van der Waals surface area contributed by atoms with Crippen LogP contribution in [0.4, 0.5) is 42.0 Å². The maximum Gasteiger partial charge on any atom is 0.490 e. The highest BCUT2D eigenvalue weighted by Gasteiger charge is 2.38. The van der Waals surface area contributed by atoms with Crippen molar-refractivity contribution in [1.29, 1.82) is 0 Å². The van der Waals surface area contributed by atoms with E-state index in [9.17, 15) is 18.0 Å². The van der Waals surface area contributed by atoms with Crippen LogP contribution in [0.15, 0.2) is 54.7 Å². The van der Waals surface area contributed by atoms with Gasteiger partial charge in [-0.15, -0.1) is 0 Å². The van der Waals surface area contributed by atoms with Gasteiger partial charge in [0.25, 0.3) is 0 Å². The van der Waals surface area contributed by atoms with Crippen molar-refractivity contribution in [2.24, 2.45) is 0 Å². The Labute approximate surface area is 190 Å². The molecule has 1 aromatic heterocycles. The number of fused-ring (bicyclic) bond motifs is 6. The van der Waals surface area contributed by atoms with Gasteiger partial charge in [0.05, 0.1) is 6.20 Å². The van der Waals surface area contributed by atoms with Gasteiger partial charge in [-0.25, -0.2) is 9.78 Å². The summed E-state index contributed by atoms with van der Waals surface area (Å²) in [6.45, 7) is 0. The molecular formula is C21H17ClF3N5O3. The maximum absolute atomic E-state index is 12.2. The molecule has 1 aliphatic rings. The molecule has 4 rings (SSSR count). The summed E-state index contributed by atoms with van der Waals surface area (Å²) in [5.41, 5.74) is 3.39. The minimum atomic E-state index is -5.08. The molecule has 3 aromatic rings. The molecule has 0 aliphatic carbocycles. The molecule has 2 aromatic carbocycles. The highest BCUT2D eigenvalue weighted by molar-refractivity contribution is 6.32. The summed E-state index contributed by atoms with van der Waals surface area (Å²) >= 11 is 6.23. The number of amides is 1. The van der Waals surface area contributed by atoms with E-state index in [4.69, 9.17) is 21.5 Å². The minimum absolute atomic E-state index is 0.0322. The Hall–Kier alpha value is -3.86. The van der Waals surface area contributed by atoms with Crippen molar-refractivity contribution in [2.75, 3.05) is 16.0 Å². The largest absolute Gasteiger partial charge is 0.490 e. The first-order valence-corrected chi connectivity index (χ1v) is 9.83. The Kier molecular flexibility index (Phi) is 7.34. The van der Waals surface area contributed by atoms with E-state index in [0.717, 1.165) is 22.6 Å². The summed E-state index contributed by atoms with van der Waals surface area (Å²) in [4.78, 5) is 29.8. The number of alkyl halides is 3. The summed E-state index contributed by atoms with van der Waals surface area (Å²) < 4.78 is 31.7. The Bertz CT molecular complexity index is 1170. The first kappa shape index (κ1) is 23.8. The van der Waals surface area contributed by atoms with Crippen LogP contribution in [0.1, 0.15) is 12.0 Å². The number of benzene rings is 2. The number of hydrogen-bond acceptors (Lipinski definition) is 6. The van der Waals surface area contributed by atoms with Crippen molar-refractivity contribution in [2.45, 2.75) is 19.0 Å². The lowest BCUT2D eigenvalue weighted by Crippen LogP contribution is -2.21. The smallest absolute Gasteiger partial charge is 0.475 e. The Balaban J connectivity index is 0.000000383. The second-order valence-electron chi connectivity index (χ2n) is 6.77. The molecule has 33 heavy (non-hydrogen) atoms. The van der Waals surface area contributed by atoms with Gasteiger partial charge < -0.3 is 21.1 Å². The second-order valence-corrected chi connectivity index (χ2v) is 7.18. The molecule has 0 atom stereocenters. The number of anilines is 5. The van der Waals surface area contributed by atoms with Crippen LogP contribution in [0, 0.1) is 0 Å². The van der Waals surface area contributed by atoms with Gasteiger partial charge in [0.1, 0.15) is 5.02 Å². The van der Waals surface area contributed by atoms with Gasteiger partial charge in [0, 0.05) is 23.5 Å². The Morgan fingerprint density at radius 3 is 2.24 bits per heavy atom. The van der Waals surface area contributed by atoms with Crippen molar-refractivity contribution in [3.8, 4) is 0 Å². The number of aryl methyl sites for hydroxylation is 1. The van der Waals surface area contributed by atoms with Crippen molar-refractivity contribution < 1.29 is 27.9 Å². The van der Waals surface area contributed by atoms with E-state index < -0.39 is 12.1 Å². The zero-order valence-electron chi connectivity index (χ0n) is 16.8. The van der Waals surface area contributed by atoms with Crippen LogP contribution in [0.3, 0.4) is 0 Å². The number of rotatable bonds is 0. The van der Waals surface area contributed by atoms with E-state index in [1.54, 1.807) is 6.20 Å². The number of halogens is 4. The van der Waals surface area contributed by atoms with Crippen molar-refractivity contribution in [1.82, 2.24) is 9.97 Å². The normalized spacial score (nSPS) is 13.0. The van der Waals surface area contributed by atoms with Gasteiger partial charge in [-0.2, -0.15) is 18.2 Å². The van der Waals surface area contributed by atoms with Gasteiger partial charge in [0.15, 0.2) is 5.82 Å². The summed E-state index contributed by atoms with van der Waals surface area (Å²) in [7, 11) is 0. The third kappa shape index (κ3) is 7.07. The molecule has 4 N–H and O–H groups in total. The van der Waals surface area contributed by atoms with Gasteiger partial charge in [-0.3, -0.25) is 4.79 Å². The number of aromatic nitrogens is 2. The minimum Gasteiger partial charge on any atom is -0.475 e. The van der Waals surface area contributed by atoms with Crippen molar-refractivity contribution in [3.63, 3.8) is 0 Å². The molecule has 6 bridgehead atoms. The van der Waals surface area contributed by atoms with Gasteiger partial charge in [-0.05, 0) is 42.3 Å². The predicted molar refractivity (Wildman–Crippen MR) is 117 cm³/mol. The van der Waals surface area contributed by atoms with Crippen LogP contribution in [0.5, 0.6) is 0 Å². The fraction of sp³-hybridized carbons (Fsp3) is 0.143. The van der Waals surface area contributed by atoms with E-state index >= 15 is 0 Å². The van der Waals surface area contributed by atoms with Crippen LogP contribution >= 0.6 is 11.6 Å². The summed E-state index contributed by atoms with van der Waals surface area (Å²) in [5.74, 6) is -1.87. The van der Waals surface area contributed by atoms with Crippen LogP contribution in [0.2, 0.25) is 5.02 Å². The Morgan fingerprint density at radius 2 is 1.58 bits per heavy atom. The van der Waals surface area contributed by atoms with Gasteiger partial charge in [0.2, 0.25) is 11.9 Å². The van der Waals surface area contributed by atoms with E-state index in [1.807, 2.05) is 48.5 Å². The lowest BCUT2D eigenvalue weighted by molar-refractivity contribution is -0.192. The fourth-order valence-electron chi connectivity index (χ4n) is 2.74. The topological polar surface area (TPSA) is 116 Å². The molecule has 0 saturated carbocycles. The van der Waals surface area contributed by atoms with Crippen molar-refractivity contribution in [3.05, 3.63) is 65.3 Å². The molecule has 0 radical (unpaired) electrons. The number of nitrogens with one attached hydrogen (secondary N) is 3. The molecular weight excluding hydrogens is 463 g/mol. The van der Waals surface area contributed by atoms with E-state index in [2.05, 4.69) is 25.9 Å². The summed E-state index contributed by atoms with van der Waals surface area (Å²) in [5, 5.41) is 16.8. The van der Waals surface area contributed by atoms with Crippen molar-refractivity contribution >= 4 is 52.3 Å². The lowest BCUT2D eigenvalue weighted by atomic mass is 10.1. The second kappa shape index (κ2) is 10.2. The summed E-state index contributed by atoms with van der Waals surface area (Å²) in [6, 6.07) is 15.3. The average Bonchev–Trinajstić information content (AvgIpc) is 2.75. The molecule has 1 amide bonds. The summed E-state index contributed by atoms with van der Waals surface area (Å²) in [6.07, 6.45) is -2.50. The third-order valence-electron chi connectivity index (χ3n) is 4.22. The van der Waals surface area contributed by atoms with E-state index in [0.29, 0.717) is 29.6 Å². The maximum atomic E-state index is 12.2. The van der Waals surface area contributed by atoms with Crippen LogP contribution in [-0.2, 0) is 16.0 Å². The van der Waals surface area contributed by atoms with Crippen LogP contribution in [-0.4, -0.2) is 33.1 Å². The average molecular weight is 480 g/mol. The molecule has 2 heterocycles. The van der Waals surface area contributed by atoms with Gasteiger partial charge >= 0.3 is 12.1 Å². The van der Waals surface area contributed by atoms with E-state index in [1.165, 1.54) is 0 Å². The molecule has 172 valence electrons. The molecule has 0 unspecified atom stereocenters. The number of carbonyl (C=O) groups is 2. The molecule has 0 fully saturated rings. The SMILES string of the molecule is O=C(O)C(F)(F)F.O=C1CCc2cccc(c2)Nc2nc(ncc2Cl)Nc2cccc(c2)N1. The molecule has 8 nitrogen and oxygen atoms in total. The number of nitrogens with zero attached hydrogens (tertiary/aromatic N) is 2. The first-order chi connectivity index (χ1) is 15.6. The van der Waals surface area contributed by atoms with Gasteiger partial charge in [-0.1, -0.05) is 29.8 Å². The standard InChI is InChI=1S/C19H16ClN5O.C2HF3O2/c20-16-11-21-19-24-15-6-2-5-14(10-15)22-17(26)8-7-12-3-1-4-13(9-12)23-18(16)25-19;3-2(4,5)1(6)7/h1-6,9-11H,7-8H2,(H,22,26)(H2,21,23,24,25);(H,6,7). The number of hydrogen-bond donors (Lipinski definition) is 4. The van der Waals surface area contributed by atoms with E-state index in [-0.39, 0.29) is 5.91 Å². The van der Waals surface area contributed by atoms with Crippen LogP contribution < -0.4 is 16.0 Å². The molecule has 1 aliphatic heterocycles. The highest BCUT2D eigenvalue weighted by Crippen LogP contribution is 2.26. The Morgan fingerprint density at radius 1 is 0.970 bits per heavy atom. The molecule has 12 heteroatoms. The molecule has 0 saturated heterocycles. The van der Waals surface area contributed by atoms with Crippen LogP contribution in [0.25, 0.3) is 0 Å². The number of carbonyl (C=O) groups excluding carboxylic acids is 1. The monoisotopic (exact) mass is 479 g/mol. The quantitative estimate of drug-likeness (QED) is 0.353. The third-order valence-corrected chi connectivity index (χ3v) is 4.50. The predicted octanol–water partition coefficient (Wildman–Crippen LogP) is 5.14. The number of carboxylic acid groups (broad SMARTS) is 1. The molecule has 0 spiro atoms. The zero-order valence-corrected chi connectivity index (χ0v) is 17.5. The first-order valence-electron chi connectivity index (χ1n) is 9.46. The number of carboxylic acids is 1. The lowest BCUT2D eigenvalue weighted by Gasteiger charge is -2.11. The number of aliphatic carboxylic acids is 1. The fourth-order valence-corrected chi connectivity index (χ4v) is 2.88. The zero-order chi connectivity index (χ0) is 24.0.